The smallest absolute Gasteiger partial charge is 0.269 e. The van der Waals surface area contributed by atoms with Crippen molar-refractivity contribution in [3.8, 4) is 11.6 Å². The normalized spacial score (nSPS) is 10.4. The van der Waals surface area contributed by atoms with E-state index in [4.69, 9.17) is 16.3 Å². The average molecular weight is 294 g/mol. The summed E-state index contributed by atoms with van der Waals surface area (Å²) in [5.41, 5.74) is 2.06. The summed E-state index contributed by atoms with van der Waals surface area (Å²) in [6.45, 7) is 5.31. The van der Waals surface area contributed by atoms with Crippen LogP contribution in [0.15, 0.2) is 18.2 Å². The van der Waals surface area contributed by atoms with Crippen LogP contribution in [0, 0.1) is 30.9 Å². The van der Waals surface area contributed by atoms with Crippen LogP contribution in [0.25, 0.3) is 0 Å². The third-order valence-corrected chi connectivity index (χ3v) is 3.06. The SMILES string of the molecule is Cc1cc([N+](=O)[O-])ccc1Oc1nc(C)c(C)nc1Cl. The summed E-state index contributed by atoms with van der Waals surface area (Å²) in [5, 5.41) is 10.8. The van der Waals surface area contributed by atoms with Gasteiger partial charge in [0, 0.05) is 12.1 Å². The molecular weight excluding hydrogens is 282 g/mol. The Labute approximate surface area is 120 Å². The van der Waals surface area contributed by atoms with Gasteiger partial charge in [-0.1, -0.05) is 11.6 Å². The number of nitro groups is 1. The van der Waals surface area contributed by atoms with Gasteiger partial charge in [0.25, 0.3) is 11.6 Å². The number of ether oxygens (including phenoxy) is 1. The zero-order valence-corrected chi connectivity index (χ0v) is 11.9. The van der Waals surface area contributed by atoms with Crippen LogP contribution in [0.4, 0.5) is 5.69 Å². The van der Waals surface area contributed by atoms with Crippen molar-refractivity contribution in [2.24, 2.45) is 0 Å². The van der Waals surface area contributed by atoms with Crippen molar-refractivity contribution in [2.75, 3.05) is 0 Å². The highest BCUT2D eigenvalue weighted by Gasteiger charge is 2.13. The van der Waals surface area contributed by atoms with Gasteiger partial charge in [-0.25, -0.2) is 9.97 Å². The summed E-state index contributed by atoms with van der Waals surface area (Å²) < 4.78 is 5.58. The molecule has 2 aromatic rings. The zero-order chi connectivity index (χ0) is 14.9. The molecule has 6 nitrogen and oxygen atoms in total. The van der Waals surface area contributed by atoms with E-state index in [9.17, 15) is 10.1 Å². The minimum atomic E-state index is -0.459. The molecule has 1 aromatic heterocycles. The number of halogens is 1. The average Bonchev–Trinajstić information content (AvgIpc) is 2.37. The van der Waals surface area contributed by atoms with Crippen molar-refractivity contribution in [2.45, 2.75) is 20.8 Å². The molecule has 0 bridgehead atoms. The van der Waals surface area contributed by atoms with E-state index in [-0.39, 0.29) is 16.7 Å². The molecule has 7 heteroatoms. The molecule has 0 fully saturated rings. The Morgan fingerprint density at radius 1 is 1.20 bits per heavy atom. The van der Waals surface area contributed by atoms with E-state index in [1.54, 1.807) is 20.8 Å². The quantitative estimate of drug-likeness (QED) is 0.636. The molecule has 104 valence electrons. The molecule has 0 aliphatic rings. The molecule has 0 spiro atoms. The fourth-order valence-corrected chi connectivity index (χ4v) is 1.79. The molecule has 0 radical (unpaired) electrons. The molecule has 0 unspecified atom stereocenters. The molecule has 20 heavy (non-hydrogen) atoms. The molecule has 0 N–H and O–H groups in total. The summed E-state index contributed by atoms with van der Waals surface area (Å²) in [5.74, 6) is 0.641. The van der Waals surface area contributed by atoms with Crippen molar-refractivity contribution >= 4 is 17.3 Å². The van der Waals surface area contributed by atoms with Crippen LogP contribution in [0.5, 0.6) is 11.6 Å². The Morgan fingerprint density at radius 3 is 2.45 bits per heavy atom. The van der Waals surface area contributed by atoms with Gasteiger partial charge in [0.1, 0.15) is 5.75 Å². The lowest BCUT2D eigenvalue weighted by Gasteiger charge is -2.10. The summed E-state index contributed by atoms with van der Waals surface area (Å²) in [7, 11) is 0. The maximum atomic E-state index is 10.7. The third kappa shape index (κ3) is 2.85. The predicted molar refractivity (Wildman–Crippen MR) is 74.4 cm³/mol. The largest absolute Gasteiger partial charge is 0.436 e. The fraction of sp³-hybridized carbons (Fsp3) is 0.231. The Kier molecular flexibility index (Phi) is 3.85. The van der Waals surface area contributed by atoms with Crippen LogP contribution >= 0.6 is 11.6 Å². The van der Waals surface area contributed by atoms with E-state index in [0.29, 0.717) is 17.0 Å². The van der Waals surface area contributed by atoms with Crippen LogP contribution in [0.1, 0.15) is 17.0 Å². The van der Waals surface area contributed by atoms with Crippen molar-refractivity contribution in [1.29, 1.82) is 0 Å². The summed E-state index contributed by atoms with van der Waals surface area (Å²) >= 11 is 5.98. The number of nitrogens with zero attached hydrogens (tertiary/aromatic N) is 3. The van der Waals surface area contributed by atoms with E-state index in [2.05, 4.69) is 9.97 Å². The standard InChI is InChI=1S/C13H12ClN3O3/c1-7-6-10(17(18)19)4-5-11(7)20-13-12(14)15-8(2)9(3)16-13/h4-6H,1-3H3. The Hall–Kier alpha value is -2.21. The number of nitro benzene ring substituents is 1. The van der Waals surface area contributed by atoms with Crippen LogP contribution in [-0.2, 0) is 0 Å². The van der Waals surface area contributed by atoms with Crippen molar-refractivity contribution in [1.82, 2.24) is 9.97 Å². The van der Waals surface area contributed by atoms with Crippen molar-refractivity contribution < 1.29 is 9.66 Å². The van der Waals surface area contributed by atoms with Gasteiger partial charge in [0.05, 0.1) is 16.3 Å². The van der Waals surface area contributed by atoms with Gasteiger partial charge >= 0.3 is 0 Å². The highest BCUT2D eigenvalue weighted by atomic mass is 35.5. The first-order chi connectivity index (χ1) is 9.38. The molecular formula is C13H12ClN3O3. The molecule has 2 rings (SSSR count). The van der Waals surface area contributed by atoms with E-state index in [1.807, 2.05) is 0 Å². The summed E-state index contributed by atoms with van der Waals surface area (Å²) in [6.07, 6.45) is 0. The minimum absolute atomic E-state index is 0.00659. The second kappa shape index (κ2) is 5.42. The van der Waals surface area contributed by atoms with Crippen molar-refractivity contribution in [3.63, 3.8) is 0 Å². The molecule has 1 heterocycles. The van der Waals surface area contributed by atoms with Crippen LogP contribution in [0.3, 0.4) is 0 Å². The lowest BCUT2D eigenvalue weighted by molar-refractivity contribution is -0.384. The maximum absolute atomic E-state index is 10.7. The van der Waals surface area contributed by atoms with Gasteiger partial charge in [-0.15, -0.1) is 0 Å². The molecule has 0 atom stereocenters. The Bertz CT molecular complexity index is 689. The van der Waals surface area contributed by atoms with Gasteiger partial charge in [-0.2, -0.15) is 0 Å². The second-order valence-corrected chi connectivity index (χ2v) is 4.66. The van der Waals surface area contributed by atoms with Crippen LogP contribution in [0.2, 0.25) is 5.15 Å². The second-order valence-electron chi connectivity index (χ2n) is 4.30. The highest BCUT2D eigenvalue weighted by Crippen LogP contribution is 2.30. The Morgan fingerprint density at radius 2 is 1.85 bits per heavy atom. The Balaban J connectivity index is 2.35. The van der Waals surface area contributed by atoms with Gasteiger partial charge in [0.2, 0.25) is 0 Å². The molecule has 0 aliphatic heterocycles. The molecule has 0 amide bonds. The molecule has 0 saturated carbocycles. The summed E-state index contributed by atoms with van der Waals surface area (Å²) in [4.78, 5) is 18.6. The van der Waals surface area contributed by atoms with E-state index < -0.39 is 4.92 Å². The zero-order valence-electron chi connectivity index (χ0n) is 11.2. The van der Waals surface area contributed by atoms with Crippen LogP contribution < -0.4 is 4.74 Å². The van der Waals surface area contributed by atoms with Gasteiger partial charge in [-0.05, 0) is 32.4 Å². The van der Waals surface area contributed by atoms with E-state index in [1.165, 1.54) is 18.2 Å². The van der Waals surface area contributed by atoms with E-state index in [0.717, 1.165) is 5.69 Å². The van der Waals surface area contributed by atoms with Crippen LogP contribution in [-0.4, -0.2) is 14.9 Å². The maximum Gasteiger partial charge on any atom is 0.269 e. The number of non-ortho nitro benzene ring substituents is 1. The van der Waals surface area contributed by atoms with Crippen molar-refractivity contribution in [3.05, 3.63) is 50.4 Å². The third-order valence-electron chi connectivity index (χ3n) is 2.81. The van der Waals surface area contributed by atoms with E-state index >= 15 is 0 Å². The molecule has 1 aromatic carbocycles. The number of hydrogen-bond acceptors (Lipinski definition) is 5. The minimum Gasteiger partial charge on any atom is -0.436 e. The number of aryl methyl sites for hydroxylation is 3. The first-order valence-electron chi connectivity index (χ1n) is 5.82. The number of hydrogen-bond donors (Lipinski definition) is 0. The summed E-state index contributed by atoms with van der Waals surface area (Å²) in [6, 6.07) is 4.31. The lowest BCUT2D eigenvalue weighted by Crippen LogP contribution is -1.98. The molecule has 0 aliphatic carbocycles. The number of benzene rings is 1. The lowest BCUT2D eigenvalue weighted by atomic mass is 10.2. The first kappa shape index (κ1) is 14.2. The topological polar surface area (TPSA) is 78.2 Å². The van der Waals surface area contributed by atoms with Gasteiger partial charge in [0.15, 0.2) is 5.15 Å². The first-order valence-corrected chi connectivity index (χ1v) is 6.20. The number of aromatic nitrogens is 2. The predicted octanol–water partition coefficient (Wildman–Crippen LogP) is 3.76. The highest BCUT2D eigenvalue weighted by molar-refractivity contribution is 6.30. The monoisotopic (exact) mass is 293 g/mol. The van der Waals surface area contributed by atoms with Gasteiger partial charge in [-0.3, -0.25) is 10.1 Å². The number of rotatable bonds is 3. The fourth-order valence-electron chi connectivity index (χ4n) is 1.59. The van der Waals surface area contributed by atoms with Gasteiger partial charge < -0.3 is 4.74 Å². The molecule has 0 saturated heterocycles.